The number of anilines is 2. The van der Waals surface area contributed by atoms with Gasteiger partial charge >= 0.3 is 0 Å². The SMILES string of the molecule is CCOc1ccc(NC(=O)[C@H]2[C@H]3C(=O)N([C@@H](CO)[C@@H](C)CC)C(C(=O)Nc4cc(C)ccc4C)C34CC(C)[C@]2(C)O4)cc1. The lowest BCUT2D eigenvalue weighted by molar-refractivity contribution is -0.149. The molecular formula is C34H45N3O6. The van der Waals surface area contributed by atoms with Gasteiger partial charge in [0.15, 0.2) is 0 Å². The van der Waals surface area contributed by atoms with Gasteiger partial charge in [-0.3, -0.25) is 14.4 Å². The van der Waals surface area contributed by atoms with Crippen LogP contribution in [0.15, 0.2) is 42.5 Å². The summed E-state index contributed by atoms with van der Waals surface area (Å²) in [5, 5.41) is 16.7. The number of hydrogen-bond acceptors (Lipinski definition) is 6. The van der Waals surface area contributed by atoms with E-state index in [0.29, 0.717) is 36.6 Å². The first-order chi connectivity index (χ1) is 20.4. The zero-order valence-electron chi connectivity index (χ0n) is 26.3. The van der Waals surface area contributed by atoms with Crippen molar-refractivity contribution in [3.05, 3.63) is 53.6 Å². The minimum atomic E-state index is -1.21. The Balaban J connectivity index is 1.56. The Morgan fingerprint density at radius 3 is 2.44 bits per heavy atom. The van der Waals surface area contributed by atoms with Crippen LogP contribution in [0.5, 0.6) is 5.75 Å². The largest absolute Gasteiger partial charge is 0.494 e. The molecule has 3 saturated heterocycles. The van der Waals surface area contributed by atoms with Gasteiger partial charge in [-0.15, -0.1) is 0 Å². The quantitative estimate of drug-likeness (QED) is 0.369. The first-order valence-electron chi connectivity index (χ1n) is 15.5. The van der Waals surface area contributed by atoms with Gasteiger partial charge in [-0.1, -0.05) is 39.3 Å². The van der Waals surface area contributed by atoms with Crippen LogP contribution < -0.4 is 15.4 Å². The third-order valence-corrected chi connectivity index (χ3v) is 10.2. The van der Waals surface area contributed by atoms with Crippen molar-refractivity contribution in [1.82, 2.24) is 4.90 Å². The van der Waals surface area contributed by atoms with E-state index in [1.807, 2.05) is 66.7 Å². The fourth-order valence-corrected chi connectivity index (χ4v) is 7.64. The number of aliphatic hydroxyl groups is 1. The van der Waals surface area contributed by atoms with Crippen LogP contribution in [-0.2, 0) is 19.1 Å². The summed E-state index contributed by atoms with van der Waals surface area (Å²) in [7, 11) is 0. The lowest BCUT2D eigenvalue weighted by Crippen LogP contribution is -2.57. The summed E-state index contributed by atoms with van der Waals surface area (Å²) in [6, 6.07) is 11.3. The highest BCUT2D eigenvalue weighted by Crippen LogP contribution is 2.65. The molecule has 5 rings (SSSR count). The minimum absolute atomic E-state index is 0.0819. The summed E-state index contributed by atoms with van der Waals surface area (Å²) in [4.78, 5) is 44.6. The predicted molar refractivity (Wildman–Crippen MR) is 165 cm³/mol. The number of ether oxygens (including phenoxy) is 2. The Hall–Kier alpha value is -3.43. The second-order valence-corrected chi connectivity index (χ2v) is 12.8. The number of fused-ring (bicyclic) bond motifs is 1. The summed E-state index contributed by atoms with van der Waals surface area (Å²) in [6.45, 7) is 13.9. The van der Waals surface area contributed by atoms with Crippen LogP contribution in [0.2, 0.25) is 0 Å². The monoisotopic (exact) mass is 591 g/mol. The van der Waals surface area contributed by atoms with E-state index >= 15 is 0 Å². The maximum Gasteiger partial charge on any atom is 0.250 e. The molecule has 9 heteroatoms. The number of nitrogens with one attached hydrogen (secondary N) is 2. The third kappa shape index (κ3) is 5.00. The topological polar surface area (TPSA) is 117 Å². The Kier molecular flexibility index (Phi) is 8.35. The summed E-state index contributed by atoms with van der Waals surface area (Å²) in [6.07, 6.45) is 1.15. The van der Waals surface area contributed by atoms with E-state index in [1.165, 1.54) is 0 Å². The van der Waals surface area contributed by atoms with Crippen molar-refractivity contribution in [2.45, 2.75) is 84.6 Å². The number of aliphatic hydroxyl groups excluding tert-OH is 1. The molecule has 2 bridgehead atoms. The summed E-state index contributed by atoms with van der Waals surface area (Å²) in [5.41, 5.74) is 0.974. The first-order valence-corrected chi connectivity index (χ1v) is 15.5. The number of benzene rings is 2. The van der Waals surface area contributed by atoms with Crippen molar-refractivity contribution in [2.75, 3.05) is 23.8 Å². The van der Waals surface area contributed by atoms with Crippen molar-refractivity contribution in [2.24, 2.45) is 23.7 Å². The molecule has 232 valence electrons. The summed E-state index contributed by atoms with van der Waals surface area (Å²) in [5.74, 6) is -2.18. The van der Waals surface area contributed by atoms with E-state index in [1.54, 1.807) is 29.2 Å². The third-order valence-electron chi connectivity index (χ3n) is 10.2. The van der Waals surface area contributed by atoms with Gasteiger partial charge < -0.3 is 30.1 Å². The Bertz CT molecular complexity index is 1390. The molecule has 3 unspecified atom stereocenters. The number of carbonyl (C=O) groups is 3. The molecule has 3 aliphatic rings. The van der Waals surface area contributed by atoms with Crippen molar-refractivity contribution in [3.63, 3.8) is 0 Å². The van der Waals surface area contributed by atoms with Crippen LogP contribution in [0.3, 0.4) is 0 Å². The van der Waals surface area contributed by atoms with Crippen molar-refractivity contribution >= 4 is 29.1 Å². The van der Waals surface area contributed by atoms with Gasteiger partial charge in [0.2, 0.25) is 17.7 Å². The number of aryl methyl sites for hydroxylation is 2. The minimum Gasteiger partial charge on any atom is -0.494 e. The number of amides is 3. The normalized spacial score (nSPS) is 30.6. The maximum absolute atomic E-state index is 14.6. The highest BCUT2D eigenvalue weighted by atomic mass is 16.5. The molecule has 43 heavy (non-hydrogen) atoms. The van der Waals surface area contributed by atoms with Crippen molar-refractivity contribution in [1.29, 1.82) is 0 Å². The van der Waals surface area contributed by atoms with Gasteiger partial charge in [0.25, 0.3) is 0 Å². The molecule has 0 radical (unpaired) electrons. The van der Waals surface area contributed by atoms with E-state index < -0.39 is 35.1 Å². The first kappa shape index (κ1) is 31.0. The lowest BCUT2D eigenvalue weighted by atomic mass is 9.62. The molecule has 8 atom stereocenters. The van der Waals surface area contributed by atoms with E-state index in [0.717, 1.165) is 11.1 Å². The van der Waals surface area contributed by atoms with Crippen molar-refractivity contribution < 1.29 is 29.0 Å². The molecule has 2 aromatic rings. The van der Waals surface area contributed by atoms with Gasteiger partial charge in [0, 0.05) is 11.4 Å². The van der Waals surface area contributed by atoms with Gasteiger partial charge in [-0.2, -0.15) is 0 Å². The average molecular weight is 592 g/mol. The summed E-state index contributed by atoms with van der Waals surface area (Å²) < 4.78 is 12.4. The fraction of sp³-hybridized carbons (Fsp3) is 0.559. The number of rotatable bonds is 10. The molecule has 2 aromatic carbocycles. The fourth-order valence-electron chi connectivity index (χ4n) is 7.64. The number of hydrogen-bond donors (Lipinski definition) is 3. The molecule has 3 fully saturated rings. The van der Waals surface area contributed by atoms with Crippen LogP contribution in [0.4, 0.5) is 11.4 Å². The lowest BCUT2D eigenvalue weighted by Gasteiger charge is -2.39. The van der Waals surface area contributed by atoms with Crippen LogP contribution in [-0.4, -0.2) is 64.2 Å². The second-order valence-electron chi connectivity index (χ2n) is 12.8. The molecule has 9 nitrogen and oxygen atoms in total. The molecule has 3 N–H and O–H groups in total. The Labute approximate surface area is 254 Å². The predicted octanol–water partition coefficient (Wildman–Crippen LogP) is 4.70. The van der Waals surface area contributed by atoms with E-state index in [-0.39, 0.29) is 36.2 Å². The van der Waals surface area contributed by atoms with Crippen LogP contribution in [0, 0.1) is 37.5 Å². The van der Waals surface area contributed by atoms with Crippen LogP contribution in [0.1, 0.15) is 58.6 Å². The smallest absolute Gasteiger partial charge is 0.250 e. The van der Waals surface area contributed by atoms with Gasteiger partial charge in [0.05, 0.1) is 36.7 Å². The zero-order chi connectivity index (χ0) is 31.3. The summed E-state index contributed by atoms with van der Waals surface area (Å²) >= 11 is 0. The standard InChI is InChI=1S/C34H45N3O6/c1-8-20(4)26(18-38)37-29(31(40)36-25-16-19(3)10-11-21(25)5)34-17-22(6)33(7,43-34)27(28(34)32(37)41)30(39)35-23-12-14-24(15-13-23)42-9-2/h10-16,20,22,26-29,38H,8-9,17-18H2,1-7H3,(H,35,39)(H,36,40)/t20-,22?,26-,27+,28-,29?,33-,34?/m0/s1. The van der Waals surface area contributed by atoms with Gasteiger partial charge in [-0.05, 0) is 87.4 Å². The number of carbonyl (C=O) groups excluding carboxylic acids is 3. The molecule has 0 saturated carbocycles. The van der Waals surface area contributed by atoms with E-state index in [4.69, 9.17) is 9.47 Å². The van der Waals surface area contributed by atoms with Gasteiger partial charge in [0.1, 0.15) is 17.4 Å². The highest BCUT2D eigenvalue weighted by molar-refractivity contribution is 6.05. The second kappa shape index (κ2) is 11.6. The van der Waals surface area contributed by atoms with Crippen LogP contribution in [0.25, 0.3) is 0 Å². The average Bonchev–Trinajstić information content (AvgIpc) is 3.49. The molecule has 3 aliphatic heterocycles. The Morgan fingerprint density at radius 2 is 1.81 bits per heavy atom. The van der Waals surface area contributed by atoms with Crippen LogP contribution >= 0.6 is 0 Å². The number of nitrogens with zero attached hydrogens (tertiary/aromatic N) is 1. The highest BCUT2D eigenvalue weighted by Gasteiger charge is 2.80. The maximum atomic E-state index is 14.6. The molecule has 0 aliphatic carbocycles. The zero-order valence-corrected chi connectivity index (χ0v) is 26.3. The molecule has 0 aromatic heterocycles. The van der Waals surface area contributed by atoms with E-state index in [2.05, 4.69) is 10.6 Å². The molecular weight excluding hydrogens is 546 g/mol. The molecule has 3 amide bonds. The number of likely N-dealkylation sites (tertiary alicyclic amines) is 1. The van der Waals surface area contributed by atoms with Crippen molar-refractivity contribution in [3.8, 4) is 5.75 Å². The van der Waals surface area contributed by atoms with Gasteiger partial charge in [-0.25, -0.2) is 0 Å². The molecule has 1 spiro atoms. The molecule has 3 heterocycles. The van der Waals surface area contributed by atoms with E-state index in [9.17, 15) is 19.5 Å². The Morgan fingerprint density at radius 1 is 1.12 bits per heavy atom.